The van der Waals surface area contributed by atoms with E-state index in [-0.39, 0.29) is 7.43 Å². The number of H-pyrrole nitrogens is 1. The summed E-state index contributed by atoms with van der Waals surface area (Å²) < 4.78 is 16.1. The minimum Gasteiger partial charge on any atom is -0.455 e. The van der Waals surface area contributed by atoms with Gasteiger partial charge in [-0.3, -0.25) is 0 Å². The highest BCUT2D eigenvalue weighted by Crippen LogP contribution is 2.51. The molecule has 0 amide bonds. The predicted molar refractivity (Wildman–Crippen MR) is 367 cm³/mol. The summed E-state index contributed by atoms with van der Waals surface area (Å²) in [5.41, 5.74) is 25.2. The summed E-state index contributed by atoms with van der Waals surface area (Å²) in [4.78, 5) is 3.45. The van der Waals surface area contributed by atoms with Crippen molar-refractivity contribution in [3.05, 3.63) is 284 Å². The number of hydrogen-bond donors (Lipinski definition) is 1. The van der Waals surface area contributed by atoms with Gasteiger partial charge >= 0.3 is 0 Å². The first kappa shape index (κ1) is 49.9. The molecule has 0 atom stereocenters. The van der Waals surface area contributed by atoms with Gasteiger partial charge in [0.1, 0.15) is 22.3 Å². The molecule has 20 rings (SSSR count). The van der Waals surface area contributed by atoms with E-state index in [1.165, 1.54) is 121 Å². The van der Waals surface area contributed by atoms with Crippen LogP contribution in [0.4, 0.5) is 0 Å². The second-order valence-electron chi connectivity index (χ2n) is 22.4. The fraction of sp³-hybridized carbons (Fsp3) is 0.0123. The number of nitrogens with zero attached hydrogens (tertiary/aromatic N) is 1. The molecule has 86 heavy (non-hydrogen) atoms. The number of rotatable bonds is 3. The Hall–Kier alpha value is -10.7. The Labute approximate surface area is 503 Å². The van der Waals surface area contributed by atoms with Gasteiger partial charge in [-0.1, -0.05) is 230 Å². The number of hydrogen-bond acceptors (Lipinski definition) is 2. The topological polar surface area (TPSA) is 47.0 Å². The van der Waals surface area contributed by atoms with Crippen molar-refractivity contribution in [3.63, 3.8) is 0 Å². The monoisotopic (exact) mass is 1160 g/mol. The number of fused-ring (bicyclic) bond motifs is 20. The van der Waals surface area contributed by atoms with Crippen LogP contribution >= 0.6 is 15.9 Å². The third kappa shape index (κ3) is 7.41. The Morgan fingerprint density at radius 1 is 0.279 bits per heavy atom. The smallest absolute Gasteiger partial charge is 0.145 e. The van der Waals surface area contributed by atoms with Gasteiger partial charge in [-0.25, -0.2) is 0 Å². The van der Waals surface area contributed by atoms with E-state index < -0.39 is 0 Å². The summed E-state index contributed by atoms with van der Waals surface area (Å²) >= 11 is 3.59. The van der Waals surface area contributed by atoms with Crippen molar-refractivity contribution in [3.8, 4) is 72.4 Å². The molecule has 0 saturated heterocycles. The predicted octanol–water partition coefficient (Wildman–Crippen LogP) is 23.9. The molecule has 1 N–H and O–H groups in total. The third-order valence-electron chi connectivity index (χ3n) is 17.8. The van der Waals surface area contributed by atoms with Crippen LogP contribution in [0.1, 0.15) is 7.43 Å². The van der Waals surface area contributed by atoms with Crippen LogP contribution in [0.2, 0.25) is 0 Å². The maximum absolute atomic E-state index is 6.51. The summed E-state index contributed by atoms with van der Waals surface area (Å²) in [6, 6.07) is 99.7. The van der Waals surface area contributed by atoms with Crippen LogP contribution in [-0.4, -0.2) is 9.55 Å². The largest absolute Gasteiger partial charge is 0.455 e. The molecule has 4 aromatic heterocycles. The third-order valence-corrected chi connectivity index (χ3v) is 18.3. The normalized spacial score (nSPS) is 11.9. The highest BCUT2D eigenvalue weighted by atomic mass is 79.9. The van der Waals surface area contributed by atoms with E-state index in [9.17, 15) is 0 Å². The van der Waals surface area contributed by atoms with Gasteiger partial charge < -0.3 is 18.4 Å². The zero-order valence-corrected chi connectivity index (χ0v) is 47.3. The van der Waals surface area contributed by atoms with E-state index in [4.69, 9.17) is 8.83 Å². The summed E-state index contributed by atoms with van der Waals surface area (Å²) in [7, 11) is 0. The molecule has 0 spiro atoms. The Kier molecular flexibility index (Phi) is 11.3. The first-order chi connectivity index (χ1) is 42.1. The Morgan fingerprint density at radius 3 is 1.35 bits per heavy atom. The maximum atomic E-state index is 6.51. The molecule has 5 heteroatoms. The molecule has 4 heterocycles. The molecule has 2 aliphatic carbocycles. The lowest BCUT2D eigenvalue weighted by Gasteiger charge is -2.13. The molecule has 404 valence electrons. The second-order valence-corrected chi connectivity index (χ2v) is 23.3. The molecule has 0 unspecified atom stereocenters. The summed E-state index contributed by atoms with van der Waals surface area (Å²) in [6.07, 6.45) is 0. The van der Waals surface area contributed by atoms with Crippen molar-refractivity contribution in [1.82, 2.24) is 9.55 Å². The average molecular weight is 1160 g/mol. The molecule has 14 aromatic carbocycles. The number of benzene rings is 14. The fourth-order valence-electron chi connectivity index (χ4n) is 14.2. The van der Waals surface area contributed by atoms with Gasteiger partial charge in [0.2, 0.25) is 0 Å². The van der Waals surface area contributed by atoms with Crippen LogP contribution in [0.25, 0.3) is 181 Å². The molecular weight excluding hydrogens is 1110 g/mol. The molecule has 18 aromatic rings. The lowest BCUT2D eigenvalue weighted by atomic mass is 9.94. The zero-order chi connectivity index (χ0) is 55.9. The molecule has 0 radical (unpaired) electrons. The van der Waals surface area contributed by atoms with Gasteiger partial charge in [-0.15, -0.1) is 0 Å². The number of para-hydroxylation sites is 4. The number of aromatic nitrogens is 2. The van der Waals surface area contributed by atoms with E-state index in [0.29, 0.717) is 0 Å². The first-order valence-electron chi connectivity index (χ1n) is 28.9. The van der Waals surface area contributed by atoms with E-state index in [1.807, 2.05) is 24.3 Å². The Bertz CT molecular complexity index is 5770. The van der Waals surface area contributed by atoms with E-state index >= 15 is 0 Å². The summed E-state index contributed by atoms with van der Waals surface area (Å²) in [5, 5.41) is 14.8. The lowest BCUT2D eigenvalue weighted by Crippen LogP contribution is -1.94. The van der Waals surface area contributed by atoms with Gasteiger partial charge in [0, 0.05) is 48.0 Å². The molecule has 4 nitrogen and oxygen atoms in total. The molecule has 0 aliphatic heterocycles. The van der Waals surface area contributed by atoms with Crippen molar-refractivity contribution in [2.45, 2.75) is 7.43 Å². The fourth-order valence-corrected chi connectivity index (χ4v) is 14.6. The lowest BCUT2D eigenvalue weighted by molar-refractivity contribution is 0.672. The number of halogens is 1. The molecule has 2 aliphatic rings. The summed E-state index contributed by atoms with van der Waals surface area (Å²) in [6.45, 7) is 0. The number of nitrogens with one attached hydrogen (secondary N) is 1. The average Bonchev–Trinajstić information content (AvgIpc) is 1.80. The quantitative estimate of drug-likeness (QED) is 0.192. The van der Waals surface area contributed by atoms with Crippen molar-refractivity contribution < 1.29 is 8.83 Å². The van der Waals surface area contributed by atoms with Gasteiger partial charge in [-0.05, 0) is 161 Å². The molecule has 0 saturated carbocycles. The minimum atomic E-state index is 0. The van der Waals surface area contributed by atoms with E-state index in [2.05, 4.69) is 280 Å². The SMILES string of the molecule is Brc1cccc(-c2ccc3c4c(cccc24)-c2ccccc2-3)c1.C.c1cc(-c2ccc3c4c(cccc24)-c2ccccc2-3)cc(-n2c3ccccc3c3c4oc5ccccc5c4ccc32)c1.c1ccc2c(c1)[nH]c1ccc3c4ccccc4oc3c12. The van der Waals surface area contributed by atoms with Crippen LogP contribution in [0.3, 0.4) is 0 Å². The maximum Gasteiger partial charge on any atom is 0.145 e. The number of furan rings is 2. The Balaban J connectivity index is 0.000000111. The number of aromatic amines is 1. The van der Waals surface area contributed by atoms with Crippen LogP contribution < -0.4 is 0 Å². The summed E-state index contributed by atoms with van der Waals surface area (Å²) in [5.74, 6) is 0. The first-order valence-corrected chi connectivity index (χ1v) is 29.7. The second kappa shape index (κ2) is 19.4. The van der Waals surface area contributed by atoms with Crippen molar-refractivity contribution in [2.24, 2.45) is 0 Å². The minimum absolute atomic E-state index is 0. The van der Waals surface area contributed by atoms with Crippen molar-refractivity contribution >= 4 is 125 Å². The van der Waals surface area contributed by atoms with Crippen LogP contribution in [-0.2, 0) is 0 Å². The highest BCUT2D eigenvalue weighted by molar-refractivity contribution is 9.10. The van der Waals surface area contributed by atoms with Gasteiger partial charge in [0.25, 0.3) is 0 Å². The molecule has 0 fully saturated rings. The zero-order valence-electron chi connectivity index (χ0n) is 45.7. The van der Waals surface area contributed by atoms with Crippen LogP contribution in [0, 0.1) is 0 Å². The van der Waals surface area contributed by atoms with E-state index in [1.54, 1.807) is 0 Å². The van der Waals surface area contributed by atoms with Crippen LogP contribution in [0.15, 0.2) is 292 Å². The van der Waals surface area contributed by atoms with Crippen molar-refractivity contribution in [2.75, 3.05) is 0 Å². The van der Waals surface area contributed by atoms with Crippen molar-refractivity contribution in [1.29, 1.82) is 0 Å². The van der Waals surface area contributed by atoms with Crippen LogP contribution in [0.5, 0.6) is 0 Å². The highest BCUT2D eigenvalue weighted by Gasteiger charge is 2.25. The molecule has 0 bridgehead atoms. The van der Waals surface area contributed by atoms with E-state index in [0.717, 1.165) is 65.2 Å². The molecular formula is C81H51BrN2O2. The van der Waals surface area contributed by atoms with Gasteiger partial charge in [-0.2, -0.15) is 0 Å². The standard InChI is InChI=1S/C40H23NO.C22H13Br.C18H11NO.CH4/c1-2-12-28-27(11-1)31-16-8-15-30-26(19-20-32(28)38(30)31)24-9-7-10-25(23-24)41-35-17-5-3-14-34(35)39-36(41)22-21-33-29-13-4-6-18-37(29)42-40(33)39;23-15-6-3-5-14(13-15)16-11-12-21-18-8-2-1-7-17(18)20-10-4-9-19(16)22(20)21;1-3-7-14-13(6-1)17-15(19-14)10-9-12-11-5-2-4-8-16(11)20-18(12)17;/h1-23H;1-13H;1-10,19H;1H4. The van der Waals surface area contributed by atoms with Gasteiger partial charge in [0.15, 0.2) is 0 Å². The van der Waals surface area contributed by atoms with Gasteiger partial charge in [0.05, 0.1) is 27.3 Å². The Morgan fingerprint density at radius 2 is 0.733 bits per heavy atom.